The van der Waals surface area contributed by atoms with Crippen LogP contribution in [0.4, 0.5) is 9.59 Å². The monoisotopic (exact) mass is 790 g/mol. The first-order chi connectivity index (χ1) is 28.1. The Morgan fingerprint density at radius 1 is 0.741 bits per heavy atom. The maximum atomic E-state index is 13.5. The maximum Gasteiger partial charge on any atom is 0.407 e. The zero-order chi connectivity index (χ0) is 40.9. The molecule has 2 aliphatic rings. The number of ether oxygens (including phenoxy) is 2. The molecule has 304 valence electrons. The normalized spacial score (nSPS) is 17.7. The van der Waals surface area contributed by atoms with E-state index in [-0.39, 0.29) is 29.8 Å². The minimum absolute atomic E-state index is 0.113. The van der Waals surface area contributed by atoms with Gasteiger partial charge in [0.05, 0.1) is 73.0 Å². The van der Waals surface area contributed by atoms with Crippen LogP contribution in [0.3, 0.4) is 0 Å². The Bertz CT molecular complexity index is 2270. The largest absolute Gasteiger partial charge is 0.453 e. The van der Waals surface area contributed by atoms with Crippen molar-refractivity contribution in [2.24, 2.45) is 5.92 Å². The fraction of sp³-hybridized carbons (Fsp3) is 0.429. The standard InChI is InChI=1S/C42H50N10O6/c1-6-9-29(49-41(55)57-4)39(53)51-18-7-10-34(51)37-45-23-33(48-37)27-16-17-28-30(20-27)43-21-31(46-28)25-12-14-26(15-13-25)32-22-44-38(47-32)35-11-8-19-52(35)40(54)36(24(2)3)50-42(56)58-5/h12-17,20-24,29,34-36H,6-11,18-19H2,1-5H3,(H,44,47)(H,45,48)(H,49,55)(H,50,56)/t29-,34+,35+,36+/m1/s1. The Morgan fingerprint density at radius 3 is 1.91 bits per heavy atom. The lowest BCUT2D eigenvalue weighted by atomic mass is 10.0. The van der Waals surface area contributed by atoms with Gasteiger partial charge in [0, 0.05) is 24.2 Å². The Balaban J connectivity index is 1.02. The second-order valence-electron chi connectivity index (χ2n) is 15.1. The number of fused-ring (bicyclic) bond motifs is 1. The van der Waals surface area contributed by atoms with Crippen molar-refractivity contribution in [1.29, 1.82) is 0 Å². The summed E-state index contributed by atoms with van der Waals surface area (Å²) in [6.45, 7) is 6.93. The van der Waals surface area contributed by atoms with Gasteiger partial charge < -0.3 is 39.9 Å². The van der Waals surface area contributed by atoms with E-state index >= 15 is 0 Å². The van der Waals surface area contributed by atoms with E-state index in [1.54, 1.807) is 28.4 Å². The number of benzene rings is 2. The third-order valence-corrected chi connectivity index (χ3v) is 11.0. The number of aromatic nitrogens is 6. The number of hydrogen-bond donors (Lipinski definition) is 4. The van der Waals surface area contributed by atoms with Gasteiger partial charge in [-0.05, 0) is 55.7 Å². The maximum absolute atomic E-state index is 13.5. The van der Waals surface area contributed by atoms with E-state index in [1.807, 2.05) is 63.2 Å². The number of methoxy groups -OCH3 is 2. The second kappa shape index (κ2) is 17.4. The van der Waals surface area contributed by atoms with Crippen molar-refractivity contribution in [2.75, 3.05) is 27.3 Å². The van der Waals surface area contributed by atoms with Crippen LogP contribution in [0.15, 0.2) is 61.1 Å². The van der Waals surface area contributed by atoms with Gasteiger partial charge in [0.1, 0.15) is 23.7 Å². The van der Waals surface area contributed by atoms with E-state index in [2.05, 4.69) is 30.6 Å². The van der Waals surface area contributed by atoms with Gasteiger partial charge in [0.25, 0.3) is 0 Å². The van der Waals surface area contributed by atoms with Crippen LogP contribution in [0.5, 0.6) is 0 Å². The molecule has 3 aromatic heterocycles. The second-order valence-corrected chi connectivity index (χ2v) is 15.1. The number of H-pyrrole nitrogens is 2. The average molecular weight is 791 g/mol. The Morgan fingerprint density at radius 2 is 1.31 bits per heavy atom. The minimum Gasteiger partial charge on any atom is -0.453 e. The van der Waals surface area contributed by atoms with E-state index < -0.39 is 24.3 Å². The molecule has 0 spiro atoms. The van der Waals surface area contributed by atoms with E-state index in [9.17, 15) is 19.2 Å². The molecular formula is C42H50N10O6. The molecule has 4 N–H and O–H groups in total. The lowest BCUT2D eigenvalue weighted by Crippen LogP contribution is -2.51. The number of likely N-dealkylation sites (tertiary alicyclic amines) is 2. The fourth-order valence-corrected chi connectivity index (χ4v) is 7.90. The van der Waals surface area contributed by atoms with Crippen molar-refractivity contribution in [3.8, 4) is 33.8 Å². The summed E-state index contributed by atoms with van der Waals surface area (Å²) in [6.07, 6.45) is 8.54. The molecule has 0 aliphatic carbocycles. The fourth-order valence-electron chi connectivity index (χ4n) is 7.90. The van der Waals surface area contributed by atoms with Crippen LogP contribution in [0, 0.1) is 5.92 Å². The summed E-state index contributed by atoms with van der Waals surface area (Å²) in [7, 11) is 2.57. The molecule has 58 heavy (non-hydrogen) atoms. The van der Waals surface area contributed by atoms with Crippen LogP contribution in [0.1, 0.15) is 83.0 Å². The highest BCUT2D eigenvalue weighted by molar-refractivity contribution is 5.87. The molecule has 7 rings (SSSR count). The molecule has 4 atom stereocenters. The topological polar surface area (TPSA) is 200 Å². The Hall–Kier alpha value is -6.32. The first-order valence-electron chi connectivity index (χ1n) is 19.9. The van der Waals surface area contributed by atoms with Crippen molar-refractivity contribution in [3.05, 3.63) is 72.7 Å². The summed E-state index contributed by atoms with van der Waals surface area (Å²) in [5.41, 5.74) is 6.58. The lowest BCUT2D eigenvalue weighted by Gasteiger charge is -2.30. The number of aromatic amines is 2. The molecule has 16 nitrogen and oxygen atoms in total. The third kappa shape index (κ3) is 8.36. The summed E-state index contributed by atoms with van der Waals surface area (Å²) >= 11 is 0. The van der Waals surface area contributed by atoms with Gasteiger partial charge in [-0.3, -0.25) is 14.6 Å². The molecule has 5 heterocycles. The molecule has 2 saturated heterocycles. The quantitative estimate of drug-likeness (QED) is 0.111. The first-order valence-corrected chi connectivity index (χ1v) is 19.9. The summed E-state index contributed by atoms with van der Waals surface area (Å²) in [5.74, 6) is 1.01. The van der Waals surface area contributed by atoms with Gasteiger partial charge in [-0.25, -0.2) is 24.5 Å². The number of imidazole rings is 2. The predicted octanol–water partition coefficient (Wildman–Crippen LogP) is 6.31. The van der Waals surface area contributed by atoms with E-state index in [1.165, 1.54) is 14.2 Å². The van der Waals surface area contributed by atoms with Crippen LogP contribution in [0.25, 0.3) is 44.8 Å². The highest BCUT2D eigenvalue weighted by Crippen LogP contribution is 2.35. The number of carbonyl (C=O) groups is 4. The van der Waals surface area contributed by atoms with Crippen LogP contribution >= 0.6 is 0 Å². The molecule has 0 bridgehead atoms. The molecular weight excluding hydrogens is 741 g/mol. The lowest BCUT2D eigenvalue weighted by molar-refractivity contribution is -0.135. The van der Waals surface area contributed by atoms with Crippen molar-refractivity contribution in [3.63, 3.8) is 0 Å². The average Bonchev–Trinajstić information content (AvgIpc) is 4.08. The van der Waals surface area contributed by atoms with Gasteiger partial charge in [-0.15, -0.1) is 0 Å². The summed E-state index contributed by atoms with van der Waals surface area (Å²) in [4.78, 5) is 80.4. The van der Waals surface area contributed by atoms with Crippen LogP contribution < -0.4 is 10.6 Å². The molecule has 2 aliphatic heterocycles. The number of nitrogens with one attached hydrogen (secondary N) is 4. The van der Waals surface area contributed by atoms with Crippen LogP contribution in [0.2, 0.25) is 0 Å². The molecule has 0 saturated carbocycles. The number of nitrogens with zero attached hydrogens (tertiary/aromatic N) is 6. The highest BCUT2D eigenvalue weighted by atomic mass is 16.5. The number of rotatable bonds is 12. The SMILES string of the molecule is CCC[C@@H](NC(=O)OC)C(=O)N1CCC[C@H]1c1ncc(-c2ccc3nc(-c4ccc(-c5cnc([C@@H]6CCCN6C(=O)[C@@H](NC(=O)OC)C(C)C)[nH]5)cc4)cnc3c2)[nH]1. The van der Waals surface area contributed by atoms with E-state index in [0.717, 1.165) is 76.9 Å². The number of alkyl carbamates (subject to hydrolysis) is 2. The summed E-state index contributed by atoms with van der Waals surface area (Å²) in [6, 6.07) is 12.1. The summed E-state index contributed by atoms with van der Waals surface area (Å²) in [5, 5.41) is 5.38. The first kappa shape index (κ1) is 39.9. The highest BCUT2D eigenvalue weighted by Gasteiger charge is 2.38. The molecule has 2 fully saturated rings. The van der Waals surface area contributed by atoms with Crippen molar-refractivity contribution < 1.29 is 28.7 Å². The number of amides is 4. The third-order valence-electron chi connectivity index (χ3n) is 11.0. The Labute approximate surface area is 336 Å². The zero-order valence-corrected chi connectivity index (χ0v) is 33.4. The summed E-state index contributed by atoms with van der Waals surface area (Å²) < 4.78 is 9.51. The van der Waals surface area contributed by atoms with Crippen molar-refractivity contribution >= 4 is 35.0 Å². The van der Waals surface area contributed by atoms with Crippen molar-refractivity contribution in [2.45, 2.75) is 83.5 Å². The van der Waals surface area contributed by atoms with Crippen LogP contribution in [-0.4, -0.2) is 103 Å². The van der Waals surface area contributed by atoms with Crippen molar-refractivity contribution in [1.82, 2.24) is 50.3 Å². The molecule has 5 aromatic rings. The molecule has 2 aromatic carbocycles. The minimum atomic E-state index is -0.697. The van der Waals surface area contributed by atoms with E-state index in [4.69, 9.17) is 19.4 Å². The van der Waals surface area contributed by atoms with Gasteiger partial charge in [0.2, 0.25) is 11.8 Å². The number of carbonyl (C=O) groups excluding carboxylic acids is 4. The molecule has 0 unspecified atom stereocenters. The molecule has 4 amide bonds. The smallest absolute Gasteiger partial charge is 0.407 e. The zero-order valence-electron chi connectivity index (χ0n) is 33.4. The predicted molar refractivity (Wildman–Crippen MR) is 216 cm³/mol. The van der Waals surface area contributed by atoms with E-state index in [0.29, 0.717) is 31.2 Å². The Kier molecular flexibility index (Phi) is 12.0. The van der Waals surface area contributed by atoms with Gasteiger partial charge in [-0.1, -0.05) is 57.5 Å². The van der Waals surface area contributed by atoms with Gasteiger partial charge in [0.15, 0.2) is 0 Å². The molecule has 16 heteroatoms. The van der Waals surface area contributed by atoms with Gasteiger partial charge >= 0.3 is 12.2 Å². The van der Waals surface area contributed by atoms with Crippen LogP contribution in [-0.2, 0) is 19.1 Å². The number of hydrogen-bond acceptors (Lipinski definition) is 10. The van der Waals surface area contributed by atoms with Gasteiger partial charge in [-0.2, -0.15) is 0 Å². The molecule has 0 radical (unpaired) electrons.